The van der Waals surface area contributed by atoms with Crippen molar-refractivity contribution in [3.8, 4) is 22.6 Å². The molecule has 0 aliphatic rings. The van der Waals surface area contributed by atoms with Crippen molar-refractivity contribution in [3.05, 3.63) is 105 Å². The van der Waals surface area contributed by atoms with Gasteiger partial charge >= 0.3 is 17.5 Å². The number of carbonyl (C=O) groups is 4. The molecule has 6 aromatic rings. The first-order valence-corrected chi connectivity index (χ1v) is 20.1. The number of carbonyl (C=O) groups excluding carboxylic acids is 4. The third-order valence-electron chi connectivity index (χ3n) is 7.72. The lowest BCUT2D eigenvalue weighted by atomic mass is 10.0. The molecule has 0 fully saturated rings. The van der Waals surface area contributed by atoms with Gasteiger partial charge in [0.15, 0.2) is 5.78 Å². The van der Waals surface area contributed by atoms with Gasteiger partial charge in [0.25, 0.3) is 0 Å². The molecular weight excluding hydrogens is 957 g/mol. The first kappa shape index (κ1) is 46.0. The van der Waals surface area contributed by atoms with Crippen LogP contribution in [0.3, 0.4) is 0 Å². The van der Waals surface area contributed by atoms with Crippen molar-refractivity contribution in [2.75, 3.05) is 42.6 Å². The van der Waals surface area contributed by atoms with Crippen LogP contribution in [0.25, 0.3) is 44.6 Å². The van der Waals surface area contributed by atoms with E-state index in [0.29, 0.717) is 81.9 Å². The predicted molar refractivity (Wildman–Crippen MR) is 227 cm³/mol. The van der Waals surface area contributed by atoms with Crippen molar-refractivity contribution in [2.45, 2.75) is 20.3 Å². The first-order valence-electron chi connectivity index (χ1n) is 17.1. The number of benzene rings is 4. The van der Waals surface area contributed by atoms with Crippen LogP contribution in [0.15, 0.2) is 90.6 Å². The Morgan fingerprint density at radius 1 is 0.724 bits per heavy atom. The number of furan rings is 2. The molecule has 0 bridgehead atoms. The van der Waals surface area contributed by atoms with Gasteiger partial charge in [0.1, 0.15) is 53.1 Å². The van der Waals surface area contributed by atoms with Crippen LogP contribution >= 0.6 is 66.7 Å². The largest absolute Gasteiger partial charge is 0.462 e. The Labute approximate surface area is 362 Å². The van der Waals surface area contributed by atoms with Crippen molar-refractivity contribution in [1.82, 2.24) is 0 Å². The standard InChI is InChI=1S/C20H16BrClFNO4.C17H13BrFNO3.C3H4Cl2O2/c1-2-16(25)18-13-9-14(21)15(24-20(26)27-8-7-22)10-17(13)28-19(18)11-3-5-12(23)6-4-11;1-2-22-17(21)15-11-7-12(18)13(20)8-14(11)23-16(15)9-3-5-10(19)6-4-9;4-1-2-7-3(5)6/h3-6,9-10H,2,7-8H2,1H3,(H,24,26);3-8H,2,20H2,1H3;1-2H2. The number of fused-ring (bicyclic) bond motifs is 2. The zero-order valence-corrected chi connectivity index (χ0v) is 36.0. The van der Waals surface area contributed by atoms with E-state index in [9.17, 15) is 28.0 Å². The molecule has 0 atom stereocenters. The van der Waals surface area contributed by atoms with Crippen molar-refractivity contribution >= 4 is 123 Å². The normalized spacial score (nSPS) is 10.6. The number of nitrogen functional groups attached to an aromatic ring is 1. The highest BCUT2D eigenvalue weighted by Gasteiger charge is 2.25. The molecule has 3 N–H and O–H groups in total. The second-order valence-electron chi connectivity index (χ2n) is 11.5. The molecule has 0 spiro atoms. The molecule has 0 aliphatic carbocycles. The lowest BCUT2D eigenvalue weighted by Crippen LogP contribution is -2.15. The van der Waals surface area contributed by atoms with Gasteiger partial charge in [-0.2, -0.15) is 0 Å². The number of esters is 1. The van der Waals surface area contributed by atoms with Gasteiger partial charge in [-0.3, -0.25) is 10.1 Å². The van der Waals surface area contributed by atoms with Crippen LogP contribution in [-0.4, -0.2) is 54.9 Å². The minimum absolute atomic E-state index is 0.0812. The molecule has 0 aliphatic heterocycles. The third-order valence-corrected chi connectivity index (χ3v) is 9.48. The number of ketones is 1. The molecule has 0 saturated carbocycles. The van der Waals surface area contributed by atoms with E-state index in [1.54, 1.807) is 62.4 Å². The van der Waals surface area contributed by atoms with Crippen molar-refractivity contribution in [2.24, 2.45) is 0 Å². The van der Waals surface area contributed by atoms with Crippen LogP contribution in [0.1, 0.15) is 41.0 Å². The minimum Gasteiger partial charge on any atom is -0.462 e. The molecule has 11 nitrogen and oxygen atoms in total. The Morgan fingerprint density at radius 3 is 1.72 bits per heavy atom. The number of rotatable bonds is 11. The molecule has 6 rings (SSSR count). The zero-order valence-electron chi connectivity index (χ0n) is 30.6. The summed E-state index contributed by atoms with van der Waals surface area (Å²) in [5.74, 6) is -0.184. The van der Waals surface area contributed by atoms with Gasteiger partial charge in [0.2, 0.25) is 0 Å². The van der Waals surface area contributed by atoms with E-state index in [4.69, 9.17) is 58.8 Å². The number of amides is 1. The summed E-state index contributed by atoms with van der Waals surface area (Å²) in [6, 6.07) is 18.1. The molecule has 306 valence electrons. The van der Waals surface area contributed by atoms with Crippen LogP contribution in [0.4, 0.5) is 29.7 Å². The Bertz CT molecular complexity index is 2410. The highest BCUT2D eigenvalue weighted by Crippen LogP contribution is 2.40. The van der Waals surface area contributed by atoms with E-state index in [2.05, 4.69) is 41.9 Å². The van der Waals surface area contributed by atoms with Gasteiger partial charge in [-0.05, 0) is 99.4 Å². The molecule has 0 unspecified atom stereocenters. The van der Waals surface area contributed by atoms with Crippen LogP contribution in [0.5, 0.6) is 0 Å². The summed E-state index contributed by atoms with van der Waals surface area (Å²) in [6.07, 6.45) is -0.374. The van der Waals surface area contributed by atoms with Gasteiger partial charge in [-0.15, -0.1) is 23.2 Å². The van der Waals surface area contributed by atoms with Gasteiger partial charge in [-0.1, -0.05) is 6.92 Å². The van der Waals surface area contributed by atoms with Gasteiger partial charge in [-0.25, -0.2) is 23.2 Å². The van der Waals surface area contributed by atoms with Gasteiger partial charge in [0.05, 0.1) is 29.6 Å². The first-order chi connectivity index (χ1) is 27.7. The second kappa shape index (κ2) is 21.9. The fourth-order valence-corrected chi connectivity index (χ4v) is 6.23. The number of alkyl halides is 2. The van der Waals surface area contributed by atoms with Crippen LogP contribution in [0, 0.1) is 11.6 Å². The highest BCUT2D eigenvalue weighted by molar-refractivity contribution is 9.11. The summed E-state index contributed by atoms with van der Waals surface area (Å²) in [6.45, 7) is 3.99. The molecule has 0 saturated heterocycles. The molecule has 1 amide bonds. The SMILES string of the molecule is CCC(=O)c1c(-c2ccc(F)cc2)oc2cc(NC(=O)OCCCl)c(Br)cc12.CCOC(=O)c1c(-c2ccc(F)cc2)oc2cc(N)c(Br)cc12.O=C(Cl)OCCCl. The summed E-state index contributed by atoms with van der Waals surface area (Å²) >= 11 is 22.1. The van der Waals surface area contributed by atoms with Crippen molar-refractivity contribution < 1.29 is 51.0 Å². The molecule has 0 radical (unpaired) electrons. The molecule has 18 heteroatoms. The Hall–Kier alpha value is -4.67. The van der Waals surface area contributed by atoms with Gasteiger partial charge < -0.3 is 28.8 Å². The summed E-state index contributed by atoms with van der Waals surface area (Å²) in [4.78, 5) is 46.5. The molecule has 58 heavy (non-hydrogen) atoms. The Kier molecular flexibility index (Phi) is 17.4. The topological polar surface area (TPSA) is 160 Å². The number of hydrogen-bond acceptors (Lipinski definition) is 10. The molecule has 4 aromatic carbocycles. The average Bonchev–Trinajstić information content (AvgIpc) is 3.75. The summed E-state index contributed by atoms with van der Waals surface area (Å²) in [5, 5.41) is 3.78. The quantitative estimate of drug-likeness (QED) is 0.0319. The Balaban J connectivity index is 0.000000223. The molecule has 2 heterocycles. The lowest BCUT2D eigenvalue weighted by Gasteiger charge is -2.08. The summed E-state index contributed by atoms with van der Waals surface area (Å²) in [7, 11) is 0. The number of Topliss-reactive ketones (excluding diaryl/α,β-unsaturated/α-hetero) is 1. The number of halogens is 7. The third kappa shape index (κ3) is 11.9. The number of hydrogen-bond donors (Lipinski definition) is 2. The number of nitrogens with two attached hydrogens (primary N) is 1. The smallest absolute Gasteiger partial charge is 0.411 e. The zero-order chi connectivity index (χ0) is 42.5. The van der Waals surface area contributed by atoms with E-state index in [-0.39, 0.29) is 49.5 Å². The number of ether oxygens (including phenoxy) is 3. The predicted octanol–water partition coefficient (Wildman–Crippen LogP) is 12.7. The monoisotopic (exact) mass is 986 g/mol. The average molecular weight is 990 g/mol. The minimum atomic E-state index is -0.805. The van der Waals surface area contributed by atoms with Crippen LogP contribution < -0.4 is 11.1 Å². The van der Waals surface area contributed by atoms with E-state index in [1.165, 1.54) is 24.3 Å². The highest BCUT2D eigenvalue weighted by atomic mass is 79.9. The molecular formula is C40H33Br2Cl3F2N2O9. The number of nitrogens with one attached hydrogen (secondary N) is 1. The maximum atomic E-state index is 13.3. The van der Waals surface area contributed by atoms with Gasteiger partial charge in [0, 0.05) is 66.7 Å². The Morgan fingerprint density at radius 2 is 1.22 bits per heavy atom. The van der Waals surface area contributed by atoms with E-state index in [0.717, 1.165) is 0 Å². The fourth-order valence-electron chi connectivity index (χ4n) is 5.21. The van der Waals surface area contributed by atoms with Crippen LogP contribution in [0.2, 0.25) is 0 Å². The van der Waals surface area contributed by atoms with E-state index in [1.807, 2.05) is 0 Å². The number of anilines is 2. The maximum absolute atomic E-state index is 13.3. The lowest BCUT2D eigenvalue weighted by molar-refractivity contribution is 0.0528. The maximum Gasteiger partial charge on any atom is 0.411 e. The van der Waals surface area contributed by atoms with E-state index >= 15 is 0 Å². The summed E-state index contributed by atoms with van der Waals surface area (Å²) < 4.78 is 53.6. The van der Waals surface area contributed by atoms with Crippen molar-refractivity contribution in [3.63, 3.8) is 0 Å². The van der Waals surface area contributed by atoms with E-state index < -0.39 is 17.5 Å². The van der Waals surface area contributed by atoms with Crippen LogP contribution in [-0.2, 0) is 14.2 Å². The van der Waals surface area contributed by atoms with Crippen molar-refractivity contribution in [1.29, 1.82) is 0 Å². The summed E-state index contributed by atoms with van der Waals surface area (Å²) in [5.41, 5.74) is 8.73. The molecule has 2 aromatic heterocycles. The fraction of sp³-hybridized carbons (Fsp3) is 0.200. The second-order valence-corrected chi connectivity index (χ2v) is 14.3.